The smallest absolute Gasteiger partial charge is 0.0642 e. The van der Waals surface area contributed by atoms with Crippen molar-refractivity contribution in [3.8, 4) is 0 Å². The first-order valence-corrected chi connectivity index (χ1v) is 8.94. The Hall–Kier alpha value is -1.55. The van der Waals surface area contributed by atoms with E-state index in [-0.39, 0.29) is 0 Å². The molecule has 3 nitrogen and oxygen atoms in total. The summed E-state index contributed by atoms with van der Waals surface area (Å²) in [6.07, 6.45) is 0.968. The van der Waals surface area contributed by atoms with E-state index in [1.165, 1.54) is 16.8 Å². The summed E-state index contributed by atoms with van der Waals surface area (Å²) in [5.41, 5.74) is 3.93. The van der Waals surface area contributed by atoms with Crippen LogP contribution in [0, 0.1) is 0 Å². The Labute approximate surface area is 149 Å². The van der Waals surface area contributed by atoms with Crippen LogP contribution in [-0.2, 0) is 17.7 Å². The second-order valence-corrected chi connectivity index (χ2v) is 6.71. The number of morpholine rings is 1. The number of rotatable bonds is 6. The normalized spacial score (nSPS) is 15.0. The van der Waals surface area contributed by atoms with Crippen molar-refractivity contribution in [1.82, 2.24) is 4.90 Å². The fraction of sp³-hybridized carbons (Fsp3) is 0.400. The van der Waals surface area contributed by atoms with Gasteiger partial charge in [-0.15, -0.1) is 0 Å². The van der Waals surface area contributed by atoms with Crippen molar-refractivity contribution in [2.75, 3.05) is 44.8 Å². The number of ether oxygens (including phenoxy) is 1. The summed E-state index contributed by atoms with van der Waals surface area (Å²) in [4.78, 5) is 4.79. The van der Waals surface area contributed by atoms with Gasteiger partial charge in [0.2, 0.25) is 0 Å². The summed E-state index contributed by atoms with van der Waals surface area (Å²) in [5, 5.41) is 0.861. The molecule has 0 N–H and O–H groups in total. The number of hydrogen-bond acceptors (Lipinski definition) is 3. The highest BCUT2D eigenvalue weighted by molar-refractivity contribution is 6.31. The zero-order valence-electron chi connectivity index (χ0n) is 14.2. The minimum Gasteiger partial charge on any atom is -0.378 e. The average molecular weight is 345 g/mol. The van der Waals surface area contributed by atoms with E-state index in [0.29, 0.717) is 0 Å². The van der Waals surface area contributed by atoms with E-state index in [9.17, 15) is 0 Å². The number of halogens is 1. The monoisotopic (exact) mass is 344 g/mol. The van der Waals surface area contributed by atoms with Gasteiger partial charge in [0, 0.05) is 36.9 Å². The molecule has 2 aromatic rings. The van der Waals surface area contributed by atoms with Crippen molar-refractivity contribution in [1.29, 1.82) is 0 Å². The number of hydrogen-bond donors (Lipinski definition) is 0. The third-order valence-corrected chi connectivity index (χ3v) is 4.87. The molecule has 0 saturated carbocycles. The molecule has 0 amide bonds. The summed E-state index contributed by atoms with van der Waals surface area (Å²) in [7, 11) is 2.17. The van der Waals surface area contributed by atoms with Crippen LogP contribution in [-0.4, -0.2) is 44.8 Å². The average Bonchev–Trinajstić information content (AvgIpc) is 2.62. The molecule has 0 aromatic heterocycles. The lowest BCUT2D eigenvalue weighted by Crippen LogP contribution is -2.37. The van der Waals surface area contributed by atoms with Crippen molar-refractivity contribution in [3.05, 3.63) is 64.7 Å². The highest BCUT2D eigenvalue weighted by Crippen LogP contribution is 2.23. The van der Waals surface area contributed by atoms with Crippen LogP contribution in [0.5, 0.6) is 0 Å². The third kappa shape index (κ3) is 4.50. The zero-order chi connectivity index (χ0) is 16.8. The van der Waals surface area contributed by atoms with Crippen LogP contribution >= 0.6 is 11.6 Å². The van der Waals surface area contributed by atoms with Crippen LogP contribution in [0.15, 0.2) is 48.5 Å². The van der Waals surface area contributed by atoms with Gasteiger partial charge in [0.05, 0.1) is 13.2 Å². The molecule has 0 atom stereocenters. The van der Waals surface area contributed by atoms with Crippen molar-refractivity contribution >= 4 is 17.3 Å². The molecule has 0 unspecified atom stereocenters. The predicted molar refractivity (Wildman–Crippen MR) is 101 cm³/mol. The van der Waals surface area contributed by atoms with E-state index in [2.05, 4.69) is 53.2 Å². The van der Waals surface area contributed by atoms with Gasteiger partial charge < -0.3 is 14.5 Å². The number of para-hydroxylation sites is 1. The maximum atomic E-state index is 6.26. The van der Waals surface area contributed by atoms with Gasteiger partial charge in [-0.1, -0.05) is 48.0 Å². The topological polar surface area (TPSA) is 15.7 Å². The zero-order valence-corrected chi connectivity index (χ0v) is 15.0. The van der Waals surface area contributed by atoms with Crippen LogP contribution < -0.4 is 4.90 Å². The number of likely N-dealkylation sites (N-methyl/N-ethyl adjacent to an activating group) is 1. The van der Waals surface area contributed by atoms with Crippen LogP contribution in [0.3, 0.4) is 0 Å². The van der Waals surface area contributed by atoms with Crippen molar-refractivity contribution in [3.63, 3.8) is 0 Å². The predicted octanol–water partition coefficient (Wildman–Crippen LogP) is 3.85. The summed E-state index contributed by atoms with van der Waals surface area (Å²) in [5.74, 6) is 0. The fourth-order valence-corrected chi connectivity index (χ4v) is 3.37. The van der Waals surface area contributed by atoms with E-state index in [1.807, 2.05) is 12.1 Å². The second-order valence-electron chi connectivity index (χ2n) is 6.31. The Morgan fingerprint density at radius 3 is 2.42 bits per heavy atom. The molecule has 0 radical (unpaired) electrons. The lowest BCUT2D eigenvalue weighted by Gasteiger charge is -2.31. The second kappa shape index (κ2) is 8.52. The maximum absolute atomic E-state index is 6.26. The number of nitrogens with zero attached hydrogens (tertiary/aromatic N) is 2. The molecular weight excluding hydrogens is 320 g/mol. The molecule has 1 fully saturated rings. The third-order valence-electron chi connectivity index (χ3n) is 4.50. The molecule has 0 aliphatic carbocycles. The summed E-state index contributed by atoms with van der Waals surface area (Å²) < 4.78 is 5.48. The van der Waals surface area contributed by atoms with E-state index in [4.69, 9.17) is 16.3 Å². The highest BCUT2D eigenvalue weighted by atomic mass is 35.5. The summed E-state index contributed by atoms with van der Waals surface area (Å²) in [6, 6.07) is 16.8. The molecule has 128 valence electrons. The van der Waals surface area contributed by atoms with E-state index in [0.717, 1.165) is 50.8 Å². The molecular formula is C20H25ClN2O. The van der Waals surface area contributed by atoms with Crippen LogP contribution in [0.2, 0.25) is 5.02 Å². The van der Waals surface area contributed by atoms with Crippen molar-refractivity contribution in [2.45, 2.75) is 13.0 Å². The summed E-state index contributed by atoms with van der Waals surface area (Å²) >= 11 is 6.26. The van der Waals surface area contributed by atoms with Gasteiger partial charge >= 0.3 is 0 Å². The van der Waals surface area contributed by atoms with Crippen molar-refractivity contribution in [2.24, 2.45) is 0 Å². The van der Waals surface area contributed by atoms with Gasteiger partial charge in [0.1, 0.15) is 0 Å². The van der Waals surface area contributed by atoms with Gasteiger partial charge in [-0.2, -0.15) is 0 Å². The lowest BCUT2D eigenvalue weighted by atomic mass is 10.1. The Kier molecular flexibility index (Phi) is 6.13. The van der Waals surface area contributed by atoms with Crippen LogP contribution in [0.4, 0.5) is 5.69 Å². The number of anilines is 1. The molecule has 3 rings (SSSR count). The van der Waals surface area contributed by atoms with Crippen LogP contribution in [0.1, 0.15) is 11.1 Å². The Bertz CT molecular complexity index is 656. The molecule has 2 aromatic carbocycles. The Balaban J connectivity index is 1.62. The largest absolute Gasteiger partial charge is 0.378 e. The molecule has 0 spiro atoms. The number of benzene rings is 2. The summed E-state index contributed by atoms with van der Waals surface area (Å²) in [6.45, 7) is 5.51. The Morgan fingerprint density at radius 1 is 1.00 bits per heavy atom. The first kappa shape index (κ1) is 17.3. The molecule has 24 heavy (non-hydrogen) atoms. The standard InChI is InChI=1S/C20H25ClN2O/c1-22(11-10-17-6-2-4-8-19(17)21)16-18-7-3-5-9-20(18)23-12-14-24-15-13-23/h2-9H,10-16H2,1H3. The molecule has 1 aliphatic rings. The molecule has 0 bridgehead atoms. The van der Waals surface area contributed by atoms with Crippen LogP contribution in [0.25, 0.3) is 0 Å². The molecule has 4 heteroatoms. The first-order valence-electron chi connectivity index (χ1n) is 8.56. The van der Waals surface area contributed by atoms with Gasteiger partial charge in [-0.05, 0) is 36.7 Å². The Morgan fingerprint density at radius 2 is 1.67 bits per heavy atom. The SMILES string of the molecule is CN(CCc1ccccc1Cl)Cc1ccccc1N1CCOCC1. The van der Waals surface area contributed by atoms with E-state index >= 15 is 0 Å². The molecule has 1 heterocycles. The molecule has 1 saturated heterocycles. The van der Waals surface area contributed by atoms with Gasteiger partial charge in [0.15, 0.2) is 0 Å². The van der Waals surface area contributed by atoms with E-state index < -0.39 is 0 Å². The molecule has 1 aliphatic heterocycles. The van der Waals surface area contributed by atoms with Gasteiger partial charge in [-0.25, -0.2) is 0 Å². The van der Waals surface area contributed by atoms with Crippen molar-refractivity contribution < 1.29 is 4.74 Å². The highest BCUT2D eigenvalue weighted by Gasteiger charge is 2.15. The maximum Gasteiger partial charge on any atom is 0.0642 e. The minimum atomic E-state index is 0.816. The minimum absolute atomic E-state index is 0.816. The van der Waals surface area contributed by atoms with E-state index in [1.54, 1.807) is 0 Å². The van der Waals surface area contributed by atoms with Gasteiger partial charge in [-0.3, -0.25) is 0 Å². The van der Waals surface area contributed by atoms with Gasteiger partial charge in [0.25, 0.3) is 0 Å². The first-order chi connectivity index (χ1) is 11.7. The lowest BCUT2D eigenvalue weighted by molar-refractivity contribution is 0.122. The quantitative estimate of drug-likeness (QED) is 0.791. The fourth-order valence-electron chi connectivity index (χ4n) is 3.14.